The van der Waals surface area contributed by atoms with Gasteiger partial charge in [-0.05, 0) is 11.6 Å². The van der Waals surface area contributed by atoms with Crippen LogP contribution in [0.15, 0.2) is 42.7 Å². The monoisotopic (exact) mass is 255 g/mol. The van der Waals surface area contributed by atoms with Gasteiger partial charge in [0, 0.05) is 6.08 Å². The van der Waals surface area contributed by atoms with Crippen molar-refractivity contribution in [1.82, 2.24) is 9.97 Å². The lowest BCUT2D eigenvalue weighted by Crippen LogP contribution is -2.13. The van der Waals surface area contributed by atoms with E-state index in [4.69, 9.17) is 11.5 Å². The number of aromatic nitrogens is 2. The molecule has 0 atom stereocenters. The minimum Gasteiger partial charge on any atom is -0.382 e. The maximum Gasteiger partial charge on any atom is 0.248 e. The van der Waals surface area contributed by atoms with Gasteiger partial charge in [-0.3, -0.25) is 4.79 Å². The van der Waals surface area contributed by atoms with Gasteiger partial charge >= 0.3 is 0 Å². The van der Waals surface area contributed by atoms with E-state index in [2.05, 4.69) is 15.3 Å². The minimum absolute atomic E-state index is 0.133. The number of anilines is 3. The molecule has 0 aliphatic carbocycles. The third kappa shape index (κ3) is 3.29. The molecule has 1 amide bonds. The number of hydrogen-bond acceptors (Lipinski definition) is 5. The second kappa shape index (κ2) is 5.63. The van der Waals surface area contributed by atoms with E-state index in [-0.39, 0.29) is 23.2 Å². The Morgan fingerprint density at radius 1 is 1.11 bits per heavy atom. The summed E-state index contributed by atoms with van der Waals surface area (Å²) in [7, 11) is 0. The van der Waals surface area contributed by atoms with E-state index in [1.165, 1.54) is 12.4 Å². The third-order valence-corrected chi connectivity index (χ3v) is 2.38. The predicted molar refractivity (Wildman–Crippen MR) is 75.0 cm³/mol. The Hall–Kier alpha value is -2.89. The number of nitrogen functional groups attached to an aromatic ring is 2. The second-order valence-electron chi connectivity index (χ2n) is 3.75. The summed E-state index contributed by atoms with van der Waals surface area (Å²) in [5.74, 6) is -0.0834. The molecule has 1 aromatic carbocycles. The molecule has 6 heteroatoms. The molecule has 0 aliphatic rings. The molecule has 5 N–H and O–H groups in total. The van der Waals surface area contributed by atoms with E-state index < -0.39 is 0 Å². The first kappa shape index (κ1) is 12.6. The fraction of sp³-hybridized carbons (Fsp3) is 0. The summed E-state index contributed by atoms with van der Waals surface area (Å²) in [6, 6.07) is 9.45. The van der Waals surface area contributed by atoms with Crippen LogP contribution in [-0.2, 0) is 4.79 Å². The van der Waals surface area contributed by atoms with Gasteiger partial charge < -0.3 is 16.8 Å². The van der Waals surface area contributed by atoms with Gasteiger partial charge in [0.2, 0.25) is 5.91 Å². The molecule has 0 fully saturated rings. The van der Waals surface area contributed by atoms with Crippen molar-refractivity contribution >= 4 is 29.3 Å². The van der Waals surface area contributed by atoms with Gasteiger partial charge in [0.1, 0.15) is 12.0 Å². The molecule has 0 aliphatic heterocycles. The number of amides is 1. The van der Waals surface area contributed by atoms with Crippen LogP contribution in [0.2, 0.25) is 0 Å². The highest BCUT2D eigenvalue weighted by Crippen LogP contribution is 2.20. The smallest absolute Gasteiger partial charge is 0.248 e. The first-order chi connectivity index (χ1) is 9.16. The normalized spacial score (nSPS) is 10.5. The van der Waals surface area contributed by atoms with Crippen LogP contribution >= 0.6 is 0 Å². The highest BCUT2D eigenvalue weighted by atomic mass is 16.1. The first-order valence-electron chi connectivity index (χ1n) is 5.57. The largest absolute Gasteiger partial charge is 0.382 e. The lowest BCUT2D eigenvalue weighted by molar-refractivity contribution is -0.111. The summed E-state index contributed by atoms with van der Waals surface area (Å²) in [6.45, 7) is 0. The Kier molecular flexibility index (Phi) is 3.72. The third-order valence-electron chi connectivity index (χ3n) is 2.38. The first-order valence-corrected chi connectivity index (χ1v) is 5.57. The molecule has 2 aromatic rings. The molecule has 96 valence electrons. The lowest BCUT2D eigenvalue weighted by atomic mass is 10.2. The predicted octanol–water partition coefficient (Wildman–Crippen LogP) is 1.29. The number of carbonyl (C=O) groups is 1. The molecule has 0 unspecified atom stereocenters. The average molecular weight is 255 g/mol. The van der Waals surface area contributed by atoms with Crippen molar-refractivity contribution in [2.45, 2.75) is 0 Å². The van der Waals surface area contributed by atoms with Crippen molar-refractivity contribution in [2.24, 2.45) is 0 Å². The van der Waals surface area contributed by atoms with Crippen LogP contribution in [0.4, 0.5) is 17.3 Å². The Labute approximate surface area is 110 Å². The topological polar surface area (TPSA) is 107 Å². The molecule has 1 heterocycles. The van der Waals surface area contributed by atoms with Gasteiger partial charge in [-0.25, -0.2) is 9.97 Å². The minimum atomic E-state index is -0.350. The lowest BCUT2D eigenvalue weighted by Gasteiger charge is -2.06. The molecule has 6 nitrogen and oxygen atoms in total. The summed E-state index contributed by atoms with van der Waals surface area (Å²) in [4.78, 5) is 19.2. The summed E-state index contributed by atoms with van der Waals surface area (Å²) in [5.41, 5.74) is 12.4. The highest BCUT2D eigenvalue weighted by Gasteiger charge is 2.08. The van der Waals surface area contributed by atoms with Crippen molar-refractivity contribution < 1.29 is 4.79 Å². The maximum atomic E-state index is 11.7. The quantitative estimate of drug-likeness (QED) is 0.716. The second-order valence-corrected chi connectivity index (χ2v) is 3.75. The van der Waals surface area contributed by atoms with Gasteiger partial charge in [0.15, 0.2) is 11.6 Å². The van der Waals surface area contributed by atoms with Crippen LogP contribution in [0.25, 0.3) is 6.08 Å². The van der Waals surface area contributed by atoms with Gasteiger partial charge in [-0.15, -0.1) is 0 Å². The molecule has 1 aromatic heterocycles. The number of nitrogens with zero attached hydrogens (tertiary/aromatic N) is 2. The van der Waals surface area contributed by atoms with Gasteiger partial charge in [0.25, 0.3) is 0 Å². The standard InChI is InChI=1S/C13H13N5O/c14-12-11(13(15)17-8-16-12)18-10(19)7-6-9-4-2-1-3-5-9/h1-8H,(H,18,19)(H4,14,15,16,17)/b7-6+. The zero-order valence-corrected chi connectivity index (χ0v) is 10.1. The zero-order chi connectivity index (χ0) is 13.7. The van der Waals surface area contributed by atoms with Gasteiger partial charge in [-0.2, -0.15) is 0 Å². The maximum absolute atomic E-state index is 11.7. The number of carbonyl (C=O) groups excluding carboxylic acids is 1. The molecule has 19 heavy (non-hydrogen) atoms. The number of nitrogens with two attached hydrogens (primary N) is 2. The van der Waals surface area contributed by atoms with E-state index in [0.29, 0.717) is 0 Å². The summed E-state index contributed by atoms with van der Waals surface area (Å²) in [5, 5.41) is 2.55. The molecular formula is C13H13N5O. The summed E-state index contributed by atoms with van der Waals surface area (Å²) >= 11 is 0. The van der Waals surface area contributed by atoms with Crippen molar-refractivity contribution in [3.05, 3.63) is 48.3 Å². The Balaban J connectivity index is 2.08. The van der Waals surface area contributed by atoms with E-state index in [9.17, 15) is 4.79 Å². The van der Waals surface area contributed by atoms with Crippen LogP contribution < -0.4 is 16.8 Å². The fourth-order valence-electron chi connectivity index (χ4n) is 1.44. The highest BCUT2D eigenvalue weighted by molar-refractivity contribution is 6.04. The van der Waals surface area contributed by atoms with Crippen LogP contribution in [0.3, 0.4) is 0 Å². The zero-order valence-electron chi connectivity index (χ0n) is 10.1. The van der Waals surface area contributed by atoms with Crippen molar-refractivity contribution in [3.63, 3.8) is 0 Å². The van der Waals surface area contributed by atoms with E-state index >= 15 is 0 Å². The Morgan fingerprint density at radius 3 is 2.37 bits per heavy atom. The summed E-state index contributed by atoms with van der Waals surface area (Å²) in [6.07, 6.45) is 4.31. The SMILES string of the molecule is Nc1ncnc(N)c1NC(=O)/C=C/c1ccccc1. The van der Waals surface area contributed by atoms with Gasteiger partial charge in [-0.1, -0.05) is 30.3 Å². The Bertz CT molecular complexity index is 589. The Morgan fingerprint density at radius 2 is 1.74 bits per heavy atom. The molecule has 2 rings (SSSR count). The van der Waals surface area contributed by atoms with E-state index in [1.807, 2.05) is 30.3 Å². The van der Waals surface area contributed by atoms with Crippen LogP contribution in [-0.4, -0.2) is 15.9 Å². The van der Waals surface area contributed by atoms with E-state index in [0.717, 1.165) is 5.56 Å². The molecule has 0 saturated carbocycles. The molecule has 0 saturated heterocycles. The molecule has 0 spiro atoms. The fourth-order valence-corrected chi connectivity index (χ4v) is 1.44. The average Bonchev–Trinajstić information content (AvgIpc) is 2.42. The van der Waals surface area contributed by atoms with Crippen LogP contribution in [0, 0.1) is 0 Å². The van der Waals surface area contributed by atoms with Crippen molar-refractivity contribution in [3.8, 4) is 0 Å². The van der Waals surface area contributed by atoms with Crippen molar-refractivity contribution in [1.29, 1.82) is 0 Å². The van der Waals surface area contributed by atoms with Crippen LogP contribution in [0.5, 0.6) is 0 Å². The number of nitrogens with one attached hydrogen (secondary N) is 1. The molecular weight excluding hydrogens is 242 g/mol. The number of benzene rings is 1. The van der Waals surface area contributed by atoms with E-state index in [1.54, 1.807) is 6.08 Å². The van der Waals surface area contributed by atoms with Crippen LogP contribution in [0.1, 0.15) is 5.56 Å². The van der Waals surface area contributed by atoms with Gasteiger partial charge in [0.05, 0.1) is 0 Å². The molecule has 0 bridgehead atoms. The summed E-state index contributed by atoms with van der Waals surface area (Å²) < 4.78 is 0. The number of hydrogen-bond donors (Lipinski definition) is 3. The number of rotatable bonds is 3. The van der Waals surface area contributed by atoms with Crippen molar-refractivity contribution in [2.75, 3.05) is 16.8 Å². The molecule has 0 radical (unpaired) electrons.